The van der Waals surface area contributed by atoms with Crippen LogP contribution in [0.2, 0.25) is 5.02 Å². The number of sulfonamides is 1. The second kappa shape index (κ2) is 6.77. The van der Waals surface area contributed by atoms with Crippen LogP contribution in [0.25, 0.3) is 0 Å². The highest BCUT2D eigenvalue weighted by Gasteiger charge is 2.22. The molecule has 7 heteroatoms. The molecule has 1 N–H and O–H groups in total. The van der Waals surface area contributed by atoms with Crippen LogP contribution in [0.3, 0.4) is 0 Å². The first-order valence-corrected chi connectivity index (χ1v) is 8.07. The van der Waals surface area contributed by atoms with E-state index >= 15 is 0 Å². The molecule has 0 aliphatic heterocycles. The molecule has 0 bridgehead atoms. The number of hydrogen-bond acceptors (Lipinski definition) is 3. The van der Waals surface area contributed by atoms with Crippen molar-refractivity contribution in [3.05, 3.63) is 29.3 Å². The minimum absolute atomic E-state index is 0.275. The van der Waals surface area contributed by atoms with E-state index in [-0.39, 0.29) is 17.5 Å². The lowest BCUT2D eigenvalue weighted by Gasteiger charge is -2.22. The molecule has 1 rings (SSSR count). The van der Waals surface area contributed by atoms with Crippen molar-refractivity contribution < 1.29 is 13.2 Å². The highest BCUT2D eigenvalue weighted by molar-refractivity contribution is 7.92. The number of benzene rings is 1. The van der Waals surface area contributed by atoms with Gasteiger partial charge in [-0.2, -0.15) is 0 Å². The Balaban J connectivity index is 2.98. The minimum Gasteiger partial charge on any atom is -0.355 e. The summed E-state index contributed by atoms with van der Waals surface area (Å²) >= 11 is 5.98. The van der Waals surface area contributed by atoms with Gasteiger partial charge in [0.1, 0.15) is 6.54 Å². The largest absolute Gasteiger partial charge is 0.355 e. The molecule has 0 radical (unpaired) electrons. The normalized spacial score (nSPS) is 11.1. The van der Waals surface area contributed by atoms with E-state index in [0.717, 1.165) is 17.0 Å². The molecule has 0 saturated heterocycles. The van der Waals surface area contributed by atoms with Crippen LogP contribution >= 0.6 is 11.6 Å². The maximum atomic E-state index is 11.8. The van der Waals surface area contributed by atoms with E-state index in [4.69, 9.17) is 11.6 Å². The van der Waals surface area contributed by atoms with Crippen LogP contribution in [-0.4, -0.2) is 33.7 Å². The van der Waals surface area contributed by atoms with E-state index in [9.17, 15) is 13.2 Å². The number of nitrogens with zero attached hydrogens (tertiary/aromatic N) is 1. The van der Waals surface area contributed by atoms with Gasteiger partial charge in [0.2, 0.25) is 15.9 Å². The molecule has 0 aliphatic carbocycles. The Kier molecular flexibility index (Phi) is 5.62. The van der Waals surface area contributed by atoms with Crippen LogP contribution in [-0.2, 0) is 14.8 Å². The van der Waals surface area contributed by atoms with Gasteiger partial charge in [0.15, 0.2) is 0 Å². The van der Waals surface area contributed by atoms with Gasteiger partial charge < -0.3 is 5.32 Å². The van der Waals surface area contributed by atoms with Gasteiger partial charge in [-0.25, -0.2) is 8.42 Å². The molecule has 0 aliphatic rings. The Labute approximate surface area is 118 Å². The number of anilines is 1. The molecule has 0 unspecified atom stereocenters. The van der Waals surface area contributed by atoms with Crippen molar-refractivity contribution in [3.8, 4) is 0 Å². The van der Waals surface area contributed by atoms with Crippen LogP contribution in [0.5, 0.6) is 0 Å². The zero-order valence-corrected chi connectivity index (χ0v) is 12.5. The smallest absolute Gasteiger partial charge is 0.240 e. The third kappa shape index (κ3) is 4.72. The van der Waals surface area contributed by atoms with Crippen LogP contribution in [0, 0.1) is 0 Å². The molecule has 0 spiro atoms. The Morgan fingerprint density at radius 1 is 1.37 bits per heavy atom. The molecule has 0 fully saturated rings. The molecule has 0 atom stereocenters. The summed E-state index contributed by atoms with van der Waals surface area (Å²) in [5.41, 5.74) is 0.304. The third-order valence-corrected chi connectivity index (χ3v) is 3.83. The van der Waals surface area contributed by atoms with E-state index in [1.807, 2.05) is 6.92 Å². The summed E-state index contributed by atoms with van der Waals surface area (Å²) in [5.74, 6) is -0.354. The van der Waals surface area contributed by atoms with E-state index in [1.165, 1.54) is 0 Å². The minimum atomic E-state index is -3.57. The Morgan fingerprint density at radius 3 is 2.53 bits per heavy atom. The maximum absolute atomic E-state index is 11.8. The number of nitrogens with one attached hydrogen (secondary N) is 1. The van der Waals surface area contributed by atoms with E-state index in [0.29, 0.717) is 12.2 Å². The molecule has 1 amide bonds. The van der Waals surface area contributed by atoms with Crippen molar-refractivity contribution >= 4 is 33.2 Å². The van der Waals surface area contributed by atoms with Gasteiger partial charge >= 0.3 is 0 Å². The molecular formula is C12H17ClN2O3S. The van der Waals surface area contributed by atoms with Crippen LogP contribution in [0.4, 0.5) is 5.69 Å². The first-order valence-electron chi connectivity index (χ1n) is 5.85. The van der Waals surface area contributed by atoms with Crippen molar-refractivity contribution in [2.45, 2.75) is 13.3 Å². The number of para-hydroxylation sites is 1. The molecule has 0 aromatic heterocycles. The van der Waals surface area contributed by atoms with Gasteiger partial charge in [0, 0.05) is 6.54 Å². The molecule has 1 aromatic rings. The Bertz CT molecular complexity index is 546. The maximum Gasteiger partial charge on any atom is 0.240 e. The topological polar surface area (TPSA) is 66.5 Å². The van der Waals surface area contributed by atoms with Crippen molar-refractivity contribution in [1.82, 2.24) is 5.32 Å². The first-order chi connectivity index (χ1) is 8.86. The van der Waals surface area contributed by atoms with Gasteiger partial charge in [0.05, 0.1) is 17.0 Å². The molecule has 5 nitrogen and oxygen atoms in total. The fourth-order valence-electron chi connectivity index (χ4n) is 1.49. The summed E-state index contributed by atoms with van der Waals surface area (Å²) in [5, 5.41) is 2.92. The predicted octanol–water partition coefficient (Wildman–Crippen LogP) is 1.63. The molecule has 0 saturated carbocycles. The summed E-state index contributed by atoms with van der Waals surface area (Å²) in [4.78, 5) is 11.7. The SMILES string of the molecule is CCCNC(=O)CN(c1ccccc1Cl)S(C)(=O)=O. The molecule has 106 valence electrons. The van der Waals surface area contributed by atoms with E-state index in [1.54, 1.807) is 24.3 Å². The van der Waals surface area contributed by atoms with Crippen LogP contribution < -0.4 is 9.62 Å². The van der Waals surface area contributed by atoms with Gasteiger partial charge in [-0.1, -0.05) is 30.7 Å². The van der Waals surface area contributed by atoms with Crippen LogP contribution in [0.15, 0.2) is 24.3 Å². The number of rotatable bonds is 6. The van der Waals surface area contributed by atoms with Crippen LogP contribution in [0.1, 0.15) is 13.3 Å². The fourth-order valence-corrected chi connectivity index (χ4v) is 2.64. The summed E-state index contributed by atoms with van der Waals surface area (Å²) in [6, 6.07) is 6.52. The summed E-state index contributed by atoms with van der Waals surface area (Å²) in [6.07, 6.45) is 1.83. The average molecular weight is 305 g/mol. The lowest BCUT2D eigenvalue weighted by Crippen LogP contribution is -2.40. The lowest BCUT2D eigenvalue weighted by molar-refractivity contribution is -0.119. The zero-order valence-electron chi connectivity index (χ0n) is 10.9. The quantitative estimate of drug-likeness (QED) is 0.868. The second-order valence-electron chi connectivity index (χ2n) is 4.07. The average Bonchev–Trinajstić information content (AvgIpc) is 2.33. The van der Waals surface area contributed by atoms with Crippen molar-refractivity contribution in [1.29, 1.82) is 0 Å². The number of carbonyl (C=O) groups is 1. The highest BCUT2D eigenvalue weighted by Crippen LogP contribution is 2.26. The monoisotopic (exact) mass is 304 g/mol. The van der Waals surface area contributed by atoms with E-state index in [2.05, 4.69) is 5.32 Å². The Hall–Kier alpha value is -1.27. The Morgan fingerprint density at radius 2 is 2.00 bits per heavy atom. The predicted molar refractivity (Wildman–Crippen MR) is 76.9 cm³/mol. The van der Waals surface area contributed by atoms with Gasteiger partial charge in [-0.3, -0.25) is 9.10 Å². The number of carbonyl (C=O) groups excluding carboxylic acids is 1. The van der Waals surface area contributed by atoms with Gasteiger partial charge in [-0.05, 0) is 18.6 Å². The van der Waals surface area contributed by atoms with Crippen molar-refractivity contribution in [3.63, 3.8) is 0 Å². The summed E-state index contributed by atoms with van der Waals surface area (Å²) < 4.78 is 24.6. The number of hydrogen-bond donors (Lipinski definition) is 1. The van der Waals surface area contributed by atoms with Gasteiger partial charge in [-0.15, -0.1) is 0 Å². The fraction of sp³-hybridized carbons (Fsp3) is 0.417. The lowest BCUT2D eigenvalue weighted by atomic mass is 10.3. The number of amides is 1. The van der Waals surface area contributed by atoms with E-state index < -0.39 is 10.0 Å². The molecule has 19 heavy (non-hydrogen) atoms. The van der Waals surface area contributed by atoms with Gasteiger partial charge in [0.25, 0.3) is 0 Å². The van der Waals surface area contributed by atoms with Crippen molar-refractivity contribution in [2.24, 2.45) is 0 Å². The summed E-state index contributed by atoms with van der Waals surface area (Å²) in [6.45, 7) is 2.16. The molecular weight excluding hydrogens is 288 g/mol. The zero-order chi connectivity index (χ0) is 14.5. The van der Waals surface area contributed by atoms with Crippen molar-refractivity contribution in [2.75, 3.05) is 23.7 Å². The molecule has 0 heterocycles. The standard InChI is InChI=1S/C12H17ClN2O3S/c1-3-8-14-12(16)9-15(19(2,17)18)11-7-5-4-6-10(11)13/h4-7H,3,8-9H2,1-2H3,(H,14,16). The third-order valence-electron chi connectivity index (χ3n) is 2.38. The second-order valence-corrected chi connectivity index (χ2v) is 6.39. The highest BCUT2D eigenvalue weighted by atomic mass is 35.5. The number of halogens is 1. The molecule has 1 aromatic carbocycles. The first kappa shape index (κ1) is 15.8. The summed E-state index contributed by atoms with van der Waals surface area (Å²) in [7, 11) is -3.57.